The quantitative estimate of drug-likeness (QED) is 0.0222. The van der Waals surface area contributed by atoms with E-state index >= 15 is 0 Å². The van der Waals surface area contributed by atoms with E-state index in [0.29, 0.717) is 25.7 Å². The minimum absolute atomic E-state index is 0.104. The van der Waals surface area contributed by atoms with Crippen molar-refractivity contribution in [2.75, 3.05) is 39.6 Å². The molecule has 0 saturated carbocycles. The van der Waals surface area contributed by atoms with Crippen LogP contribution in [0.25, 0.3) is 0 Å². The first-order chi connectivity index (χ1) is 43.2. The van der Waals surface area contributed by atoms with Crippen LogP contribution < -0.4 is 0 Å². The van der Waals surface area contributed by atoms with Crippen molar-refractivity contribution in [3.8, 4) is 0 Å². The number of unbranched alkanes of at least 4 members (excludes halogenated alkanes) is 37. The zero-order valence-corrected chi connectivity index (χ0v) is 60.4. The molecular formula is C71H138O17P2. The van der Waals surface area contributed by atoms with E-state index in [1.54, 1.807) is 0 Å². The summed E-state index contributed by atoms with van der Waals surface area (Å²) in [6.45, 7) is 11.8. The Morgan fingerprint density at radius 1 is 0.300 bits per heavy atom. The van der Waals surface area contributed by atoms with Crippen molar-refractivity contribution in [2.24, 2.45) is 17.8 Å². The monoisotopic (exact) mass is 1320 g/mol. The maximum atomic E-state index is 13.0. The van der Waals surface area contributed by atoms with Crippen molar-refractivity contribution in [2.45, 2.75) is 375 Å². The first-order valence-electron chi connectivity index (χ1n) is 36.8. The number of carbonyl (C=O) groups excluding carboxylic acids is 4. The Labute approximate surface area is 549 Å². The maximum Gasteiger partial charge on any atom is 0.472 e. The molecule has 2 unspecified atom stereocenters. The summed E-state index contributed by atoms with van der Waals surface area (Å²) in [5.41, 5.74) is 0. The van der Waals surface area contributed by atoms with Crippen LogP contribution in [0.15, 0.2) is 0 Å². The number of phosphoric ester groups is 2. The molecule has 0 rings (SSSR count). The van der Waals surface area contributed by atoms with E-state index < -0.39 is 97.5 Å². The van der Waals surface area contributed by atoms with E-state index in [1.807, 2.05) is 0 Å². The van der Waals surface area contributed by atoms with E-state index in [1.165, 1.54) is 167 Å². The molecule has 3 N–H and O–H groups in total. The minimum atomic E-state index is -4.95. The van der Waals surface area contributed by atoms with Crippen LogP contribution in [0.5, 0.6) is 0 Å². The molecule has 5 atom stereocenters. The molecular weight excluding hydrogens is 1190 g/mol. The molecule has 0 amide bonds. The van der Waals surface area contributed by atoms with Crippen LogP contribution in [0.2, 0.25) is 0 Å². The van der Waals surface area contributed by atoms with Gasteiger partial charge in [-0.15, -0.1) is 0 Å². The fourth-order valence-corrected chi connectivity index (χ4v) is 12.3. The third kappa shape index (κ3) is 64.8. The molecule has 0 aliphatic heterocycles. The topological polar surface area (TPSA) is 237 Å². The van der Waals surface area contributed by atoms with Gasteiger partial charge in [-0.2, -0.15) is 0 Å². The normalized spacial score (nSPS) is 14.2. The summed E-state index contributed by atoms with van der Waals surface area (Å²) in [7, 11) is -9.90. The molecule has 0 aliphatic carbocycles. The molecule has 0 fully saturated rings. The van der Waals surface area contributed by atoms with Gasteiger partial charge in [-0.25, -0.2) is 9.13 Å². The molecule has 90 heavy (non-hydrogen) atoms. The summed E-state index contributed by atoms with van der Waals surface area (Å²) < 4.78 is 68.3. The van der Waals surface area contributed by atoms with Crippen LogP contribution in [-0.2, 0) is 65.4 Å². The Hall–Kier alpha value is -1.94. The SMILES string of the molecule is CCCCCCCCCCCC(=O)OC[C@H](COP(=O)(O)OC[C@H](O)COP(=O)(O)OC[C@@H](COC(=O)CCCCCCCCCCCCCCC(C)C)OC(=O)CCCCCCCCCCCCCCC(C)C)OC(=O)CCCCCCCCCCC(C)C. The van der Waals surface area contributed by atoms with Gasteiger partial charge < -0.3 is 33.8 Å². The average Bonchev–Trinajstić information content (AvgIpc) is 2.73. The molecule has 0 saturated heterocycles. The Morgan fingerprint density at radius 2 is 0.511 bits per heavy atom. The number of phosphoric acid groups is 2. The number of carbonyl (C=O) groups is 4. The highest BCUT2D eigenvalue weighted by Crippen LogP contribution is 2.45. The first kappa shape index (κ1) is 88.1. The molecule has 0 spiro atoms. The first-order valence-corrected chi connectivity index (χ1v) is 39.8. The van der Waals surface area contributed by atoms with Crippen LogP contribution in [0.4, 0.5) is 0 Å². The molecule has 0 aromatic heterocycles. The Bertz CT molecular complexity index is 1770. The number of hydrogen-bond donors (Lipinski definition) is 3. The molecule has 0 heterocycles. The lowest BCUT2D eigenvalue weighted by molar-refractivity contribution is -0.161. The summed E-state index contributed by atoms with van der Waals surface area (Å²) in [5, 5.41) is 10.6. The lowest BCUT2D eigenvalue weighted by atomic mass is 10.0. The second-order valence-corrected chi connectivity index (χ2v) is 30.0. The van der Waals surface area contributed by atoms with Crippen LogP contribution in [0, 0.1) is 17.8 Å². The minimum Gasteiger partial charge on any atom is -0.462 e. The number of rotatable bonds is 69. The molecule has 0 radical (unpaired) electrons. The van der Waals surface area contributed by atoms with Crippen LogP contribution in [0.1, 0.15) is 357 Å². The summed E-state index contributed by atoms with van der Waals surface area (Å²) in [6.07, 6.45) is 45.8. The Morgan fingerprint density at radius 3 is 0.756 bits per heavy atom. The van der Waals surface area contributed by atoms with Gasteiger partial charge in [0.05, 0.1) is 26.4 Å². The molecule has 0 bridgehead atoms. The van der Waals surface area contributed by atoms with Gasteiger partial charge in [-0.1, -0.05) is 305 Å². The lowest BCUT2D eigenvalue weighted by Crippen LogP contribution is -2.30. The number of hydrogen-bond acceptors (Lipinski definition) is 15. The number of aliphatic hydroxyl groups excluding tert-OH is 1. The number of ether oxygens (including phenoxy) is 4. The van der Waals surface area contributed by atoms with E-state index in [-0.39, 0.29) is 25.7 Å². The zero-order valence-electron chi connectivity index (χ0n) is 58.6. The van der Waals surface area contributed by atoms with Crippen LogP contribution >= 0.6 is 15.6 Å². The Kier molecular flexibility index (Phi) is 60.6. The maximum absolute atomic E-state index is 13.0. The van der Waals surface area contributed by atoms with Gasteiger partial charge in [-0.3, -0.25) is 37.3 Å². The van der Waals surface area contributed by atoms with Crippen molar-refractivity contribution in [1.82, 2.24) is 0 Å². The highest BCUT2D eigenvalue weighted by atomic mass is 31.2. The van der Waals surface area contributed by atoms with Crippen molar-refractivity contribution < 1.29 is 80.2 Å². The van der Waals surface area contributed by atoms with Gasteiger partial charge >= 0.3 is 39.5 Å². The average molecular weight is 1330 g/mol. The number of esters is 4. The fourth-order valence-electron chi connectivity index (χ4n) is 10.7. The van der Waals surface area contributed by atoms with Crippen LogP contribution in [-0.4, -0.2) is 96.7 Å². The highest BCUT2D eigenvalue weighted by molar-refractivity contribution is 7.47. The third-order valence-electron chi connectivity index (χ3n) is 16.4. The summed E-state index contributed by atoms with van der Waals surface area (Å²) >= 11 is 0. The molecule has 17 nitrogen and oxygen atoms in total. The van der Waals surface area contributed by atoms with Gasteiger partial charge in [-0.05, 0) is 43.4 Å². The molecule has 0 aromatic carbocycles. The molecule has 0 aliphatic rings. The van der Waals surface area contributed by atoms with Gasteiger partial charge in [0, 0.05) is 25.7 Å². The summed E-state index contributed by atoms with van der Waals surface area (Å²) in [4.78, 5) is 72.5. The second kappa shape index (κ2) is 61.9. The summed E-state index contributed by atoms with van der Waals surface area (Å²) in [6, 6.07) is 0. The van der Waals surface area contributed by atoms with Gasteiger partial charge in [0.15, 0.2) is 12.2 Å². The standard InChI is InChI=1S/C71H138O17P2/c1-8-9-10-11-12-21-31-38-45-52-68(73)81-58-67(88-71(76)55-48-41-34-27-26-30-37-44-51-64(6)7)61-86-90(79,80)84-57-65(72)56-83-89(77,78)85-60-66(87-70(75)54-47-40-33-25-20-16-14-18-23-29-36-43-50-63(4)5)59-82-69(74)53-46-39-32-24-19-15-13-17-22-28-35-42-49-62(2)3/h62-67,72H,8-61H2,1-7H3,(H,77,78)(H,79,80)/t65-,66-,67-/m1/s1. The molecule has 19 heteroatoms. The predicted octanol–water partition coefficient (Wildman–Crippen LogP) is 20.2. The highest BCUT2D eigenvalue weighted by Gasteiger charge is 2.30. The smallest absolute Gasteiger partial charge is 0.462 e. The Balaban J connectivity index is 5.24. The third-order valence-corrected chi connectivity index (χ3v) is 18.3. The van der Waals surface area contributed by atoms with Crippen LogP contribution in [0.3, 0.4) is 0 Å². The molecule has 534 valence electrons. The second-order valence-electron chi connectivity index (χ2n) is 27.1. The van der Waals surface area contributed by atoms with Crippen molar-refractivity contribution in [1.29, 1.82) is 0 Å². The van der Waals surface area contributed by atoms with Gasteiger partial charge in [0.2, 0.25) is 0 Å². The largest absolute Gasteiger partial charge is 0.472 e. The van der Waals surface area contributed by atoms with Crippen molar-refractivity contribution in [3.05, 3.63) is 0 Å². The van der Waals surface area contributed by atoms with E-state index in [0.717, 1.165) is 108 Å². The summed E-state index contributed by atoms with van der Waals surface area (Å²) in [5.74, 6) is 0.150. The van der Waals surface area contributed by atoms with E-state index in [9.17, 15) is 43.2 Å². The fraction of sp³-hybridized carbons (Fsp3) is 0.944. The van der Waals surface area contributed by atoms with Crippen molar-refractivity contribution >= 4 is 39.5 Å². The zero-order chi connectivity index (χ0) is 66.6. The predicted molar refractivity (Wildman–Crippen MR) is 363 cm³/mol. The molecule has 0 aromatic rings. The van der Waals surface area contributed by atoms with Gasteiger partial charge in [0.25, 0.3) is 0 Å². The van der Waals surface area contributed by atoms with Crippen molar-refractivity contribution in [3.63, 3.8) is 0 Å². The van der Waals surface area contributed by atoms with E-state index in [4.69, 9.17) is 37.0 Å². The number of aliphatic hydroxyl groups is 1. The lowest BCUT2D eigenvalue weighted by Gasteiger charge is -2.21. The van der Waals surface area contributed by atoms with Gasteiger partial charge in [0.1, 0.15) is 19.3 Å². The van der Waals surface area contributed by atoms with E-state index in [2.05, 4.69) is 48.5 Å².